The molecule has 0 aliphatic rings. The number of ketones is 1. The van der Waals surface area contributed by atoms with Gasteiger partial charge in [-0.3, -0.25) is 0 Å². The number of Topliss-reactive ketones (excluding diaryl/α,β-unsaturated/α-hetero) is 1. The van der Waals surface area contributed by atoms with Crippen molar-refractivity contribution in [3.8, 4) is 0 Å². The summed E-state index contributed by atoms with van der Waals surface area (Å²) in [6.45, 7) is 1.56. The van der Waals surface area contributed by atoms with Crippen molar-refractivity contribution in [1.82, 2.24) is 0 Å². The maximum Gasteiger partial charge on any atom is 0.130 e. The first-order chi connectivity index (χ1) is 6.11. The number of hydrogen-bond acceptors (Lipinski definition) is 1. The van der Waals surface area contributed by atoms with Gasteiger partial charge in [-0.25, -0.2) is 0 Å². The first-order valence-electron chi connectivity index (χ1n) is 4.03. The van der Waals surface area contributed by atoms with E-state index in [2.05, 4.69) is 0 Å². The zero-order chi connectivity index (χ0) is 9.84. The summed E-state index contributed by atoms with van der Waals surface area (Å²) in [6.07, 6.45) is 1.11. The molecule has 0 aromatic heterocycles. The molecular formula is C10H10Cl2O. The Kier molecular flexibility index (Phi) is 3.76. The molecule has 1 aromatic carbocycles. The number of benzene rings is 1. The zero-order valence-electron chi connectivity index (χ0n) is 7.31. The summed E-state index contributed by atoms with van der Waals surface area (Å²) in [5.74, 6) is 0.149. The Morgan fingerprint density at radius 3 is 2.31 bits per heavy atom. The fourth-order valence-electron chi connectivity index (χ4n) is 1.07. The van der Waals surface area contributed by atoms with Gasteiger partial charge in [0, 0.05) is 16.5 Å². The second kappa shape index (κ2) is 4.64. The molecule has 0 aliphatic heterocycles. The summed E-state index contributed by atoms with van der Waals surface area (Å²) in [4.78, 5) is 10.8. The average molecular weight is 217 g/mol. The molecule has 0 aliphatic carbocycles. The van der Waals surface area contributed by atoms with Crippen molar-refractivity contribution in [3.05, 3.63) is 33.8 Å². The monoisotopic (exact) mass is 216 g/mol. The van der Waals surface area contributed by atoms with Gasteiger partial charge in [-0.15, -0.1) is 0 Å². The Morgan fingerprint density at radius 1 is 1.31 bits per heavy atom. The van der Waals surface area contributed by atoms with Crippen LogP contribution < -0.4 is 0 Å². The number of carbonyl (C=O) groups is 1. The van der Waals surface area contributed by atoms with E-state index < -0.39 is 0 Å². The minimum absolute atomic E-state index is 0.149. The highest BCUT2D eigenvalue weighted by Gasteiger charge is 2.05. The molecule has 1 nitrogen and oxygen atoms in total. The van der Waals surface area contributed by atoms with E-state index in [0.29, 0.717) is 22.9 Å². The molecule has 0 fully saturated rings. The standard InChI is InChI=1S/C10H10Cl2O/c1-7(13)5-6-8-9(11)3-2-4-10(8)12/h2-4H,5-6H2,1H3. The maximum absolute atomic E-state index is 10.8. The fraction of sp³-hybridized carbons (Fsp3) is 0.300. The number of hydrogen-bond donors (Lipinski definition) is 0. The Labute approximate surface area is 87.7 Å². The smallest absolute Gasteiger partial charge is 0.130 e. The number of halogens is 2. The molecular weight excluding hydrogens is 207 g/mol. The molecule has 0 saturated carbocycles. The summed E-state index contributed by atoms with van der Waals surface area (Å²) in [5.41, 5.74) is 0.862. The van der Waals surface area contributed by atoms with E-state index in [0.717, 1.165) is 5.56 Å². The summed E-state index contributed by atoms with van der Waals surface area (Å²) < 4.78 is 0. The van der Waals surface area contributed by atoms with E-state index in [9.17, 15) is 4.79 Å². The molecule has 0 unspecified atom stereocenters. The van der Waals surface area contributed by atoms with Crippen molar-refractivity contribution in [1.29, 1.82) is 0 Å². The fourth-order valence-corrected chi connectivity index (χ4v) is 1.66. The lowest BCUT2D eigenvalue weighted by Crippen LogP contribution is -1.95. The van der Waals surface area contributed by atoms with Crippen LogP contribution in [0.4, 0.5) is 0 Å². The van der Waals surface area contributed by atoms with Crippen LogP contribution in [0, 0.1) is 0 Å². The second-order valence-electron chi connectivity index (χ2n) is 2.90. The lowest BCUT2D eigenvalue weighted by atomic mass is 10.1. The topological polar surface area (TPSA) is 17.1 Å². The molecule has 1 rings (SSSR count). The highest BCUT2D eigenvalue weighted by molar-refractivity contribution is 6.36. The Bertz CT molecular complexity index is 300. The summed E-state index contributed by atoms with van der Waals surface area (Å²) in [6, 6.07) is 5.35. The molecule has 13 heavy (non-hydrogen) atoms. The third kappa shape index (κ3) is 3.02. The van der Waals surface area contributed by atoms with Crippen LogP contribution in [0.3, 0.4) is 0 Å². The van der Waals surface area contributed by atoms with Gasteiger partial charge in [0.1, 0.15) is 5.78 Å². The zero-order valence-corrected chi connectivity index (χ0v) is 8.82. The van der Waals surface area contributed by atoms with E-state index in [-0.39, 0.29) is 5.78 Å². The highest BCUT2D eigenvalue weighted by Crippen LogP contribution is 2.25. The summed E-state index contributed by atoms with van der Waals surface area (Å²) in [5, 5.41) is 1.27. The molecule has 1 aromatic rings. The third-order valence-electron chi connectivity index (χ3n) is 1.79. The molecule has 3 heteroatoms. The van der Waals surface area contributed by atoms with Crippen LogP contribution in [-0.2, 0) is 11.2 Å². The molecule has 0 saturated heterocycles. The van der Waals surface area contributed by atoms with E-state index >= 15 is 0 Å². The maximum atomic E-state index is 10.8. The van der Waals surface area contributed by atoms with E-state index in [4.69, 9.17) is 23.2 Å². The molecule has 0 amide bonds. The normalized spacial score (nSPS) is 10.1. The lowest BCUT2D eigenvalue weighted by molar-refractivity contribution is -0.116. The summed E-state index contributed by atoms with van der Waals surface area (Å²) >= 11 is 11.8. The quantitative estimate of drug-likeness (QED) is 0.756. The van der Waals surface area contributed by atoms with Crippen molar-refractivity contribution in [2.75, 3.05) is 0 Å². The Balaban J connectivity index is 2.81. The Hall–Kier alpha value is -0.530. The van der Waals surface area contributed by atoms with Crippen LogP contribution >= 0.6 is 23.2 Å². The van der Waals surface area contributed by atoms with Crippen LogP contribution in [0.25, 0.3) is 0 Å². The van der Waals surface area contributed by atoms with Gasteiger partial charge >= 0.3 is 0 Å². The minimum atomic E-state index is 0.149. The van der Waals surface area contributed by atoms with Crippen molar-refractivity contribution in [2.45, 2.75) is 19.8 Å². The first kappa shape index (κ1) is 10.6. The predicted octanol–water partition coefficient (Wildman–Crippen LogP) is 3.52. The first-order valence-corrected chi connectivity index (χ1v) is 4.79. The van der Waals surface area contributed by atoms with Gasteiger partial charge in [0.25, 0.3) is 0 Å². The lowest BCUT2D eigenvalue weighted by Gasteiger charge is -2.04. The van der Waals surface area contributed by atoms with Gasteiger partial charge in [0.2, 0.25) is 0 Å². The van der Waals surface area contributed by atoms with Crippen molar-refractivity contribution in [2.24, 2.45) is 0 Å². The SMILES string of the molecule is CC(=O)CCc1c(Cl)cccc1Cl. The van der Waals surface area contributed by atoms with Crippen LogP contribution in [0.1, 0.15) is 18.9 Å². The van der Waals surface area contributed by atoms with Gasteiger partial charge in [0.15, 0.2) is 0 Å². The van der Waals surface area contributed by atoms with Crippen LogP contribution in [0.2, 0.25) is 10.0 Å². The van der Waals surface area contributed by atoms with E-state index in [1.165, 1.54) is 0 Å². The molecule has 0 atom stereocenters. The molecule has 70 valence electrons. The van der Waals surface area contributed by atoms with Crippen molar-refractivity contribution >= 4 is 29.0 Å². The molecule has 0 bridgehead atoms. The number of carbonyl (C=O) groups excluding carboxylic acids is 1. The summed E-state index contributed by atoms with van der Waals surface area (Å²) in [7, 11) is 0. The van der Waals surface area contributed by atoms with E-state index in [1.807, 2.05) is 0 Å². The molecule has 0 radical (unpaired) electrons. The van der Waals surface area contributed by atoms with Crippen LogP contribution in [0.5, 0.6) is 0 Å². The van der Waals surface area contributed by atoms with Gasteiger partial charge in [-0.1, -0.05) is 29.3 Å². The van der Waals surface area contributed by atoms with Gasteiger partial charge in [-0.2, -0.15) is 0 Å². The van der Waals surface area contributed by atoms with Crippen molar-refractivity contribution < 1.29 is 4.79 Å². The largest absolute Gasteiger partial charge is 0.300 e. The Morgan fingerprint density at radius 2 is 1.85 bits per heavy atom. The second-order valence-corrected chi connectivity index (χ2v) is 3.72. The van der Waals surface area contributed by atoms with Crippen molar-refractivity contribution in [3.63, 3.8) is 0 Å². The third-order valence-corrected chi connectivity index (χ3v) is 2.50. The van der Waals surface area contributed by atoms with E-state index in [1.54, 1.807) is 25.1 Å². The van der Waals surface area contributed by atoms with Crippen LogP contribution in [0.15, 0.2) is 18.2 Å². The van der Waals surface area contributed by atoms with Crippen LogP contribution in [-0.4, -0.2) is 5.78 Å². The minimum Gasteiger partial charge on any atom is -0.300 e. The average Bonchev–Trinajstić information content (AvgIpc) is 2.03. The molecule has 0 spiro atoms. The molecule has 0 N–H and O–H groups in total. The van der Waals surface area contributed by atoms with Gasteiger partial charge in [0.05, 0.1) is 0 Å². The van der Waals surface area contributed by atoms with Gasteiger partial charge < -0.3 is 4.79 Å². The number of rotatable bonds is 3. The predicted molar refractivity (Wildman–Crippen MR) is 55.5 cm³/mol. The molecule has 0 heterocycles. The highest BCUT2D eigenvalue weighted by atomic mass is 35.5. The van der Waals surface area contributed by atoms with Gasteiger partial charge in [-0.05, 0) is 31.0 Å².